The SMILES string of the molecule is CCC[C@@H](CCO)Nc1nc(C)nc2ccn(CC3CCCCC3)c12. The first-order valence-electron chi connectivity index (χ1n) is 9.92. The molecule has 3 rings (SSSR count). The lowest BCUT2D eigenvalue weighted by atomic mass is 9.89. The molecule has 25 heavy (non-hydrogen) atoms. The third kappa shape index (κ3) is 4.51. The molecule has 0 amide bonds. The van der Waals surface area contributed by atoms with Gasteiger partial charge in [-0.15, -0.1) is 0 Å². The van der Waals surface area contributed by atoms with Gasteiger partial charge in [0.15, 0.2) is 5.82 Å². The van der Waals surface area contributed by atoms with Crippen molar-refractivity contribution in [1.29, 1.82) is 0 Å². The Morgan fingerprint density at radius 1 is 1.24 bits per heavy atom. The zero-order chi connectivity index (χ0) is 17.6. The molecule has 1 saturated carbocycles. The number of aromatic nitrogens is 3. The van der Waals surface area contributed by atoms with Crippen LogP contribution in [-0.2, 0) is 6.54 Å². The number of hydrogen-bond acceptors (Lipinski definition) is 4. The van der Waals surface area contributed by atoms with E-state index in [1.165, 1.54) is 32.1 Å². The van der Waals surface area contributed by atoms with Crippen molar-refractivity contribution in [1.82, 2.24) is 14.5 Å². The van der Waals surface area contributed by atoms with Crippen LogP contribution in [0.15, 0.2) is 12.3 Å². The van der Waals surface area contributed by atoms with Crippen LogP contribution in [-0.4, -0.2) is 32.3 Å². The van der Waals surface area contributed by atoms with E-state index in [0.29, 0.717) is 0 Å². The molecule has 5 nitrogen and oxygen atoms in total. The summed E-state index contributed by atoms with van der Waals surface area (Å²) in [6.07, 6.45) is 11.8. The average molecular weight is 345 g/mol. The summed E-state index contributed by atoms with van der Waals surface area (Å²) in [5, 5.41) is 13.0. The third-order valence-electron chi connectivity index (χ3n) is 5.36. The fraction of sp³-hybridized carbons (Fsp3) is 0.700. The minimum Gasteiger partial charge on any atom is -0.396 e. The summed E-state index contributed by atoms with van der Waals surface area (Å²) in [6.45, 7) is 5.39. The highest BCUT2D eigenvalue weighted by Crippen LogP contribution is 2.29. The number of aryl methyl sites for hydroxylation is 1. The number of anilines is 1. The second-order valence-electron chi connectivity index (χ2n) is 7.47. The molecule has 1 aliphatic rings. The van der Waals surface area contributed by atoms with Crippen molar-refractivity contribution in [3.8, 4) is 0 Å². The average Bonchev–Trinajstić information content (AvgIpc) is 2.99. The van der Waals surface area contributed by atoms with Crippen molar-refractivity contribution in [2.75, 3.05) is 11.9 Å². The Balaban J connectivity index is 1.88. The van der Waals surface area contributed by atoms with Crippen LogP contribution in [0.1, 0.15) is 64.1 Å². The maximum atomic E-state index is 9.36. The predicted octanol–water partition coefficient (Wildman–Crippen LogP) is 4.28. The van der Waals surface area contributed by atoms with E-state index in [2.05, 4.69) is 34.1 Å². The predicted molar refractivity (Wildman–Crippen MR) is 103 cm³/mol. The zero-order valence-corrected chi connectivity index (χ0v) is 15.7. The lowest BCUT2D eigenvalue weighted by Gasteiger charge is -2.23. The second kappa shape index (κ2) is 8.65. The first-order chi connectivity index (χ1) is 12.2. The summed E-state index contributed by atoms with van der Waals surface area (Å²) in [4.78, 5) is 9.33. The van der Waals surface area contributed by atoms with E-state index >= 15 is 0 Å². The van der Waals surface area contributed by atoms with Crippen molar-refractivity contribution in [3.05, 3.63) is 18.1 Å². The Morgan fingerprint density at radius 3 is 2.76 bits per heavy atom. The van der Waals surface area contributed by atoms with Crippen LogP contribution < -0.4 is 5.32 Å². The number of fused-ring (bicyclic) bond motifs is 1. The number of rotatable bonds is 8. The standard InChI is InChI=1S/C20H32N4O/c1-3-7-17(11-13-25)23-20-19-18(21-15(2)22-20)10-12-24(19)14-16-8-5-4-6-9-16/h10,12,16-17,25H,3-9,11,13-14H2,1-2H3,(H,21,22,23)/t17-/m0/s1. The Morgan fingerprint density at radius 2 is 2.04 bits per heavy atom. The number of nitrogens with one attached hydrogen (secondary N) is 1. The summed E-state index contributed by atoms with van der Waals surface area (Å²) in [5.41, 5.74) is 2.14. The Hall–Kier alpha value is -1.62. The number of aliphatic hydroxyl groups is 1. The fourth-order valence-corrected chi connectivity index (χ4v) is 4.11. The van der Waals surface area contributed by atoms with Crippen molar-refractivity contribution in [2.24, 2.45) is 5.92 Å². The summed E-state index contributed by atoms with van der Waals surface area (Å²) >= 11 is 0. The molecule has 1 aliphatic carbocycles. The smallest absolute Gasteiger partial charge is 0.154 e. The van der Waals surface area contributed by atoms with Gasteiger partial charge >= 0.3 is 0 Å². The Bertz CT molecular complexity index is 670. The van der Waals surface area contributed by atoms with Gasteiger partial charge in [0.1, 0.15) is 11.3 Å². The second-order valence-corrected chi connectivity index (χ2v) is 7.47. The van der Waals surface area contributed by atoms with Crippen LogP contribution in [0.3, 0.4) is 0 Å². The topological polar surface area (TPSA) is 63.0 Å². The van der Waals surface area contributed by atoms with Gasteiger partial charge in [-0.25, -0.2) is 9.97 Å². The van der Waals surface area contributed by atoms with Gasteiger partial charge in [-0.1, -0.05) is 32.6 Å². The van der Waals surface area contributed by atoms with Crippen molar-refractivity contribution in [3.63, 3.8) is 0 Å². The Labute approximate surface area is 150 Å². The summed E-state index contributed by atoms with van der Waals surface area (Å²) in [5.74, 6) is 2.49. The molecule has 0 unspecified atom stereocenters. The first-order valence-corrected chi connectivity index (χ1v) is 9.92. The van der Waals surface area contributed by atoms with Gasteiger partial charge in [0.05, 0.1) is 5.52 Å². The molecule has 0 aromatic carbocycles. The molecule has 5 heteroatoms. The third-order valence-corrected chi connectivity index (χ3v) is 5.36. The summed E-state index contributed by atoms with van der Waals surface area (Å²) in [6, 6.07) is 2.37. The van der Waals surface area contributed by atoms with Crippen LogP contribution in [0.5, 0.6) is 0 Å². The summed E-state index contributed by atoms with van der Waals surface area (Å²) < 4.78 is 2.34. The van der Waals surface area contributed by atoms with Crippen LogP contribution in [0.4, 0.5) is 5.82 Å². The highest BCUT2D eigenvalue weighted by atomic mass is 16.3. The Kier molecular flexibility index (Phi) is 6.29. The molecule has 2 N–H and O–H groups in total. The van der Waals surface area contributed by atoms with Gasteiger partial charge in [-0.05, 0) is 44.6 Å². The molecule has 0 saturated heterocycles. The molecule has 2 aromatic rings. The summed E-state index contributed by atoms with van der Waals surface area (Å²) in [7, 11) is 0. The quantitative estimate of drug-likeness (QED) is 0.750. The molecule has 138 valence electrons. The van der Waals surface area contributed by atoms with E-state index < -0.39 is 0 Å². The van der Waals surface area contributed by atoms with E-state index in [1.54, 1.807) is 0 Å². The van der Waals surface area contributed by atoms with Crippen molar-refractivity contribution >= 4 is 16.9 Å². The number of aliphatic hydroxyl groups excluding tert-OH is 1. The minimum absolute atomic E-state index is 0.202. The van der Waals surface area contributed by atoms with Crippen LogP contribution in [0.25, 0.3) is 11.0 Å². The maximum Gasteiger partial charge on any atom is 0.154 e. The molecule has 2 aromatic heterocycles. The van der Waals surface area contributed by atoms with Crippen LogP contribution in [0, 0.1) is 12.8 Å². The van der Waals surface area contributed by atoms with E-state index in [-0.39, 0.29) is 12.6 Å². The lowest BCUT2D eigenvalue weighted by molar-refractivity contribution is 0.276. The maximum absolute atomic E-state index is 9.36. The van der Waals surface area contributed by atoms with Gasteiger partial charge in [0.2, 0.25) is 0 Å². The highest BCUT2D eigenvalue weighted by molar-refractivity contribution is 5.86. The monoisotopic (exact) mass is 344 g/mol. The molecule has 1 atom stereocenters. The number of nitrogens with zero attached hydrogens (tertiary/aromatic N) is 3. The van der Waals surface area contributed by atoms with E-state index in [4.69, 9.17) is 4.98 Å². The molecule has 0 spiro atoms. The molecular weight excluding hydrogens is 312 g/mol. The van der Waals surface area contributed by atoms with Gasteiger partial charge < -0.3 is 15.0 Å². The minimum atomic E-state index is 0.202. The van der Waals surface area contributed by atoms with E-state index in [9.17, 15) is 5.11 Å². The van der Waals surface area contributed by atoms with Crippen molar-refractivity contribution in [2.45, 2.75) is 77.8 Å². The van der Waals surface area contributed by atoms with Gasteiger partial charge in [-0.3, -0.25) is 0 Å². The molecule has 2 heterocycles. The first kappa shape index (κ1) is 18.2. The lowest BCUT2D eigenvalue weighted by Crippen LogP contribution is -2.22. The molecule has 1 fully saturated rings. The van der Waals surface area contributed by atoms with Gasteiger partial charge in [0, 0.05) is 25.4 Å². The molecule has 0 radical (unpaired) electrons. The molecular formula is C20H32N4O. The van der Waals surface area contributed by atoms with Crippen molar-refractivity contribution < 1.29 is 5.11 Å². The van der Waals surface area contributed by atoms with Crippen LogP contribution >= 0.6 is 0 Å². The normalized spacial score (nSPS) is 17.1. The van der Waals surface area contributed by atoms with E-state index in [1.807, 2.05) is 6.92 Å². The van der Waals surface area contributed by atoms with E-state index in [0.717, 1.165) is 54.4 Å². The van der Waals surface area contributed by atoms with Crippen LogP contribution in [0.2, 0.25) is 0 Å². The zero-order valence-electron chi connectivity index (χ0n) is 15.7. The molecule has 0 aliphatic heterocycles. The number of hydrogen-bond donors (Lipinski definition) is 2. The molecule has 0 bridgehead atoms. The van der Waals surface area contributed by atoms with Gasteiger partial charge in [0.25, 0.3) is 0 Å². The highest BCUT2D eigenvalue weighted by Gasteiger charge is 2.18. The van der Waals surface area contributed by atoms with Gasteiger partial charge in [-0.2, -0.15) is 0 Å². The largest absolute Gasteiger partial charge is 0.396 e. The fourth-order valence-electron chi connectivity index (χ4n) is 4.11.